The molecule has 0 saturated heterocycles. The minimum Gasteiger partial charge on any atom is -0.277 e. The lowest BCUT2D eigenvalue weighted by Gasteiger charge is -2.46. The van der Waals surface area contributed by atoms with Crippen LogP contribution in [0.1, 0.15) is 87.3 Å². The van der Waals surface area contributed by atoms with E-state index in [9.17, 15) is 0 Å². The van der Waals surface area contributed by atoms with E-state index >= 15 is 0 Å². The molecule has 5 rings (SSSR count). The third kappa shape index (κ3) is 3.02. The van der Waals surface area contributed by atoms with E-state index < -0.39 is 10.2 Å². The van der Waals surface area contributed by atoms with Gasteiger partial charge in [0.15, 0.2) is 0 Å². The molecule has 0 spiro atoms. The quantitative estimate of drug-likeness (QED) is 0.534. The molecule has 2 heteroatoms. The second kappa shape index (κ2) is 7.28. The maximum absolute atomic E-state index is 4.24. The highest BCUT2D eigenvalue weighted by atomic mass is 32.3. The zero-order valence-corrected chi connectivity index (χ0v) is 20.2. The molecule has 3 aliphatic carbocycles. The average molecular weight is 420 g/mol. The van der Waals surface area contributed by atoms with E-state index in [1.54, 1.807) is 11.1 Å². The van der Waals surface area contributed by atoms with Crippen LogP contribution in [-0.2, 0) is 5.41 Å². The first-order valence-corrected chi connectivity index (χ1v) is 14.1. The molecule has 2 atom stereocenters. The third-order valence-electron chi connectivity index (χ3n) is 8.03. The van der Waals surface area contributed by atoms with Gasteiger partial charge in [0.05, 0.1) is 0 Å². The number of fused-ring (bicyclic) bond motifs is 4. The number of rotatable bonds is 4. The summed E-state index contributed by atoms with van der Waals surface area (Å²) < 4.78 is 4.24. The van der Waals surface area contributed by atoms with Crippen molar-refractivity contribution in [2.75, 3.05) is 12.0 Å². The summed E-state index contributed by atoms with van der Waals surface area (Å²) in [5.41, 5.74) is 10.6. The molecule has 0 aromatic heterocycles. The minimum atomic E-state index is -0.958. The van der Waals surface area contributed by atoms with Crippen LogP contribution in [0.15, 0.2) is 42.0 Å². The topological polar surface area (TPSA) is 12.0 Å². The minimum absolute atomic E-state index is 0.0801. The van der Waals surface area contributed by atoms with Gasteiger partial charge in [0.25, 0.3) is 0 Å². The SMILES string of the molecule is CCS(C)(NC1CCCCC1)C1C(C)=Cc2cc3c(cc21)C(C)(C)c1ccccc1-3. The van der Waals surface area contributed by atoms with Gasteiger partial charge in [-0.15, -0.1) is 0 Å². The Morgan fingerprint density at radius 2 is 1.73 bits per heavy atom. The van der Waals surface area contributed by atoms with Crippen LogP contribution in [0.5, 0.6) is 0 Å². The summed E-state index contributed by atoms with van der Waals surface area (Å²) in [6.07, 6.45) is 12.0. The predicted octanol–water partition coefficient (Wildman–Crippen LogP) is 7.74. The van der Waals surface area contributed by atoms with Crippen molar-refractivity contribution < 1.29 is 0 Å². The first-order valence-electron chi connectivity index (χ1n) is 11.8. The summed E-state index contributed by atoms with van der Waals surface area (Å²) in [5.74, 6) is 1.24. The van der Waals surface area contributed by atoms with Crippen LogP contribution in [0.25, 0.3) is 17.2 Å². The van der Waals surface area contributed by atoms with Gasteiger partial charge in [0.1, 0.15) is 0 Å². The van der Waals surface area contributed by atoms with Gasteiger partial charge in [-0.2, -0.15) is 10.2 Å². The highest BCUT2D eigenvalue weighted by Crippen LogP contribution is 2.63. The first kappa shape index (κ1) is 20.4. The molecule has 1 nitrogen and oxygen atoms in total. The van der Waals surface area contributed by atoms with Crippen LogP contribution < -0.4 is 4.72 Å². The van der Waals surface area contributed by atoms with E-state index in [2.05, 4.69) is 81.1 Å². The van der Waals surface area contributed by atoms with Crippen molar-refractivity contribution >= 4 is 16.3 Å². The Balaban J connectivity index is 1.58. The molecule has 2 unspecified atom stereocenters. The summed E-state index contributed by atoms with van der Waals surface area (Å²) in [6.45, 7) is 9.59. The van der Waals surface area contributed by atoms with Crippen molar-refractivity contribution in [2.45, 2.75) is 76.5 Å². The Morgan fingerprint density at radius 1 is 1.00 bits per heavy atom. The molecular formula is C28H37NS. The van der Waals surface area contributed by atoms with Gasteiger partial charge in [-0.1, -0.05) is 82.0 Å². The Bertz CT molecular complexity index is 1010. The number of nitrogens with one attached hydrogen (secondary N) is 1. The van der Waals surface area contributed by atoms with Crippen molar-refractivity contribution in [3.05, 3.63) is 64.2 Å². The molecule has 1 N–H and O–H groups in total. The number of benzene rings is 2. The van der Waals surface area contributed by atoms with Crippen LogP contribution in [0.3, 0.4) is 0 Å². The smallest absolute Gasteiger partial charge is 0.0467 e. The molecule has 160 valence electrons. The van der Waals surface area contributed by atoms with Crippen LogP contribution >= 0.6 is 10.2 Å². The Labute approximate surface area is 184 Å². The molecule has 30 heavy (non-hydrogen) atoms. The van der Waals surface area contributed by atoms with E-state index in [1.165, 1.54) is 65.7 Å². The van der Waals surface area contributed by atoms with E-state index in [0.717, 1.165) is 0 Å². The van der Waals surface area contributed by atoms with Crippen molar-refractivity contribution in [2.24, 2.45) is 0 Å². The summed E-state index contributed by atoms with van der Waals surface area (Å²) >= 11 is 0. The lowest BCUT2D eigenvalue weighted by molar-refractivity contribution is 0.421. The fourth-order valence-corrected chi connectivity index (χ4v) is 9.60. The maximum Gasteiger partial charge on any atom is 0.0467 e. The van der Waals surface area contributed by atoms with Gasteiger partial charge in [-0.05, 0) is 71.2 Å². The van der Waals surface area contributed by atoms with Crippen LogP contribution in [0, 0.1) is 0 Å². The fraction of sp³-hybridized carbons (Fsp3) is 0.500. The van der Waals surface area contributed by atoms with Gasteiger partial charge < -0.3 is 0 Å². The van der Waals surface area contributed by atoms with Crippen molar-refractivity contribution in [3.8, 4) is 11.1 Å². The molecule has 0 radical (unpaired) electrons. The Morgan fingerprint density at radius 3 is 2.47 bits per heavy atom. The standard InChI is InChI=1S/C28H37NS/c1-6-30(5,29-21-12-8-7-9-13-21)27-19(2)16-20-17-24-22-14-10-11-15-25(22)28(3,4)26(24)18-23(20)27/h10-11,14-18,21,27,29H,6-9,12-13H2,1-5H3. The number of hydrogen-bond acceptors (Lipinski definition) is 1. The van der Waals surface area contributed by atoms with Gasteiger partial charge in [0.2, 0.25) is 0 Å². The highest BCUT2D eigenvalue weighted by molar-refractivity contribution is 8.31. The zero-order valence-electron chi connectivity index (χ0n) is 19.3. The predicted molar refractivity (Wildman–Crippen MR) is 134 cm³/mol. The van der Waals surface area contributed by atoms with Gasteiger partial charge >= 0.3 is 0 Å². The van der Waals surface area contributed by atoms with E-state index in [4.69, 9.17) is 0 Å². The van der Waals surface area contributed by atoms with Gasteiger partial charge in [-0.25, -0.2) is 0 Å². The van der Waals surface area contributed by atoms with Crippen LogP contribution in [0.2, 0.25) is 0 Å². The second-order valence-corrected chi connectivity index (χ2v) is 14.0. The zero-order chi connectivity index (χ0) is 21.1. The molecule has 1 fully saturated rings. The van der Waals surface area contributed by atoms with E-state index in [1.807, 2.05) is 0 Å². The van der Waals surface area contributed by atoms with Gasteiger partial charge in [-0.3, -0.25) is 4.72 Å². The lowest BCUT2D eigenvalue weighted by atomic mass is 9.81. The molecule has 2 aromatic rings. The fourth-order valence-electron chi connectivity index (χ4n) is 6.31. The molecule has 0 bridgehead atoms. The molecule has 0 aliphatic heterocycles. The molecule has 0 amide bonds. The summed E-state index contributed by atoms with van der Waals surface area (Å²) in [7, 11) is -0.958. The largest absolute Gasteiger partial charge is 0.277 e. The molecule has 1 saturated carbocycles. The molecule has 2 aromatic carbocycles. The summed E-state index contributed by atoms with van der Waals surface area (Å²) in [6, 6.07) is 14.8. The molecule has 3 aliphatic rings. The lowest BCUT2D eigenvalue weighted by Crippen LogP contribution is -2.37. The number of hydrogen-bond donors (Lipinski definition) is 1. The normalized spacial score (nSPS) is 25.1. The summed E-state index contributed by atoms with van der Waals surface area (Å²) in [5, 5.41) is 0.546. The Kier molecular flexibility index (Phi) is 4.95. The van der Waals surface area contributed by atoms with Crippen LogP contribution in [-0.4, -0.2) is 18.1 Å². The monoisotopic (exact) mass is 419 g/mol. The van der Waals surface area contributed by atoms with Crippen molar-refractivity contribution in [1.29, 1.82) is 0 Å². The van der Waals surface area contributed by atoms with E-state index in [-0.39, 0.29) is 5.41 Å². The van der Waals surface area contributed by atoms with Crippen LogP contribution in [0.4, 0.5) is 0 Å². The van der Waals surface area contributed by atoms with Crippen molar-refractivity contribution in [1.82, 2.24) is 4.72 Å². The highest BCUT2D eigenvalue weighted by Gasteiger charge is 2.41. The van der Waals surface area contributed by atoms with E-state index in [0.29, 0.717) is 11.3 Å². The average Bonchev–Trinajstić information content (AvgIpc) is 3.19. The third-order valence-corrected chi connectivity index (χ3v) is 11.8. The Hall–Kier alpha value is -1.51. The van der Waals surface area contributed by atoms with Gasteiger partial charge in [0, 0.05) is 16.7 Å². The molecular weight excluding hydrogens is 382 g/mol. The summed E-state index contributed by atoms with van der Waals surface area (Å²) in [4.78, 5) is 0. The second-order valence-electron chi connectivity index (χ2n) is 10.4. The first-order chi connectivity index (χ1) is 14.3. The molecule has 0 heterocycles. The maximum atomic E-state index is 4.24. The van der Waals surface area contributed by atoms with Crippen molar-refractivity contribution in [3.63, 3.8) is 0 Å².